The highest BCUT2D eigenvalue weighted by molar-refractivity contribution is 9.10. The van der Waals surface area contributed by atoms with Crippen molar-refractivity contribution in [2.24, 2.45) is 0 Å². The zero-order valence-electron chi connectivity index (χ0n) is 9.73. The predicted molar refractivity (Wildman–Crippen MR) is 70.1 cm³/mol. The first-order valence-corrected chi connectivity index (χ1v) is 6.65. The topological polar surface area (TPSA) is 51.6 Å². The van der Waals surface area contributed by atoms with E-state index in [0.29, 0.717) is 5.16 Å². The third-order valence-electron chi connectivity index (χ3n) is 1.94. The third-order valence-corrected chi connectivity index (χ3v) is 3.13. The Balaban J connectivity index is 2.31. The van der Waals surface area contributed by atoms with Gasteiger partial charge in [-0.2, -0.15) is 0 Å². The fourth-order valence-electron chi connectivity index (χ4n) is 1.39. The second kappa shape index (κ2) is 5.10. The molecule has 0 N–H and O–H groups in total. The van der Waals surface area contributed by atoms with E-state index in [9.17, 15) is 0 Å². The first kappa shape index (κ1) is 12.4. The van der Waals surface area contributed by atoms with E-state index in [1.807, 2.05) is 32.9 Å². The summed E-state index contributed by atoms with van der Waals surface area (Å²) in [6, 6.07) is 3.81. The molecule has 0 radical (unpaired) electrons. The SMILES string of the molecule is Cc1cc(C)nc(Sc2cc(Br)nc(C)n2)n1. The summed E-state index contributed by atoms with van der Waals surface area (Å²) in [7, 11) is 0. The minimum absolute atomic E-state index is 0.715. The molecule has 2 aromatic rings. The van der Waals surface area contributed by atoms with Crippen molar-refractivity contribution in [3.8, 4) is 0 Å². The smallest absolute Gasteiger partial charge is 0.194 e. The van der Waals surface area contributed by atoms with Crippen molar-refractivity contribution in [1.82, 2.24) is 19.9 Å². The van der Waals surface area contributed by atoms with Crippen molar-refractivity contribution in [3.05, 3.63) is 33.9 Å². The zero-order chi connectivity index (χ0) is 12.4. The Morgan fingerprint density at radius 3 is 2.18 bits per heavy atom. The monoisotopic (exact) mass is 310 g/mol. The summed E-state index contributed by atoms with van der Waals surface area (Å²) >= 11 is 4.79. The van der Waals surface area contributed by atoms with Crippen LogP contribution in [-0.2, 0) is 0 Å². The molecule has 0 atom stereocenters. The van der Waals surface area contributed by atoms with Gasteiger partial charge in [0, 0.05) is 17.5 Å². The van der Waals surface area contributed by atoms with E-state index in [4.69, 9.17) is 0 Å². The van der Waals surface area contributed by atoms with Crippen LogP contribution in [0, 0.1) is 20.8 Å². The molecule has 0 bridgehead atoms. The Morgan fingerprint density at radius 2 is 1.59 bits per heavy atom. The second-order valence-corrected chi connectivity index (χ2v) is 5.41. The van der Waals surface area contributed by atoms with Crippen LogP contribution in [0.15, 0.2) is 26.9 Å². The summed E-state index contributed by atoms with van der Waals surface area (Å²) in [5.74, 6) is 0.728. The van der Waals surface area contributed by atoms with Gasteiger partial charge in [0.2, 0.25) is 0 Å². The lowest BCUT2D eigenvalue weighted by molar-refractivity contribution is 0.891. The minimum atomic E-state index is 0.715. The van der Waals surface area contributed by atoms with Crippen molar-refractivity contribution >= 4 is 27.7 Å². The van der Waals surface area contributed by atoms with Gasteiger partial charge in [0.05, 0.1) is 0 Å². The van der Waals surface area contributed by atoms with Crippen LogP contribution in [0.4, 0.5) is 0 Å². The lowest BCUT2D eigenvalue weighted by atomic mass is 10.4. The van der Waals surface area contributed by atoms with Crippen LogP contribution in [0.1, 0.15) is 17.2 Å². The summed E-state index contributed by atoms with van der Waals surface area (Å²) in [5, 5.41) is 1.56. The van der Waals surface area contributed by atoms with Gasteiger partial charge in [-0.3, -0.25) is 0 Å². The molecule has 0 aliphatic carbocycles. The molecular weight excluding hydrogens is 300 g/mol. The predicted octanol–water partition coefficient (Wildman–Crippen LogP) is 3.11. The van der Waals surface area contributed by atoms with Crippen LogP contribution in [-0.4, -0.2) is 19.9 Å². The number of rotatable bonds is 2. The standard InChI is InChI=1S/C11H11BrN4S/c1-6-4-7(2)14-11(13-6)17-10-5-9(12)15-8(3)16-10/h4-5H,1-3H3. The molecule has 2 heterocycles. The van der Waals surface area contributed by atoms with Crippen molar-refractivity contribution in [1.29, 1.82) is 0 Å². The number of hydrogen-bond acceptors (Lipinski definition) is 5. The lowest BCUT2D eigenvalue weighted by Crippen LogP contribution is -1.95. The number of hydrogen-bond donors (Lipinski definition) is 0. The molecule has 88 valence electrons. The summed E-state index contributed by atoms with van der Waals surface area (Å²) in [6.45, 7) is 5.77. The number of aryl methyl sites for hydroxylation is 3. The van der Waals surface area contributed by atoms with E-state index >= 15 is 0 Å². The molecule has 0 aromatic carbocycles. The second-order valence-electron chi connectivity index (χ2n) is 3.61. The number of aromatic nitrogens is 4. The summed E-state index contributed by atoms with van der Waals surface area (Å²) < 4.78 is 0.775. The lowest BCUT2D eigenvalue weighted by Gasteiger charge is -2.03. The summed E-state index contributed by atoms with van der Waals surface area (Å²) in [5.41, 5.74) is 1.93. The maximum Gasteiger partial charge on any atom is 0.194 e. The van der Waals surface area contributed by atoms with Gasteiger partial charge in [0.1, 0.15) is 15.5 Å². The highest BCUT2D eigenvalue weighted by Crippen LogP contribution is 2.24. The molecule has 2 rings (SSSR count). The van der Waals surface area contributed by atoms with Crippen molar-refractivity contribution < 1.29 is 0 Å². The maximum absolute atomic E-state index is 4.36. The zero-order valence-corrected chi connectivity index (χ0v) is 12.1. The van der Waals surface area contributed by atoms with Crippen LogP contribution < -0.4 is 0 Å². The van der Waals surface area contributed by atoms with E-state index in [-0.39, 0.29) is 0 Å². The van der Waals surface area contributed by atoms with Gasteiger partial charge in [0.15, 0.2) is 5.16 Å². The van der Waals surface area contributed by atoms with Crippen LogP contribution in [0.2, 0.25) is 0 Å². The van der Waals surface area contributed by atoms with Crippen LogP contribution in [0.25, 0.3) is 0 Å². The van der Waals surface area contributed by atoms with Gasteiger partial charge in [-0.25, -0.2) is 19.9 Å². The highest BCUT2D eigenvalue weighted by atomic mass is 79.9. The molecule has 2 aromatic heterocycles. The summed E-state index contributed by atoms with van der Waals surface area (Å²) in [4.78, 5) is 17.2. The van der Waals surface area contributed by atoms with Crippen molar-refractivity contribution in [2.75, 3.05) is 0 Å². The molecule has 6 heteroatoms. The van der Waals surface area contributed by atoms with Gasteiger partial charge in [-0.15, -0.1) is 0 Å². The largest absolute Gasteiger partial charge is 0.228 e. The Bertz CT molecular complexity index is 469. The van der Waals surface area contributed by atoms with Gasteiger partial charge in [0.25, 0.3) is 0 Å². The molecule has 0 aliphatic rings. The first-order valence-electron chi connectivity index (χ1n) is 5.04. The Kier molecular flexibility index (Phi) is 3.73. The molecule has 17 heavy (non-hydrogen) atoms. The third kappa shape index (κ3) is 3.47. The Hall–Kier alpha value is -1.01. The van der Waals surface area contributed by atoms with E-state index in [2.05, 4.69) is 35.9 Å². The normalized spacial score (nSPS) is 10.6. The number of nitrogens with zero attached hydrogens (tertiary/aromatic N) is 4. The Labute approximate surface area is 112 Å². The van der Waals surface area contributed by atoms with E-state index in [1.165, 1.54) is 11.8 Å². The molecular formula is C11H11BrN4S. The first-order chi connectivity index (χ1) is 8.02. The van der Waals surface area contributed by atoms with Crippen molar-refractivity contribution in [2.45, 2.75) is 31.0 Å². The van der Waals surface area contributed by atoms with Crippen molar-refractivity contribution in [3.63, 3.8) is 0 Å². The average Bonchev–Trinajstić information content (AvgIpc) is 2.13. The molecule has 0 amide bonds. The maximum atomic E-state index is 4.36. The minimum Gasteiger partial charge on any atom is -0.228 e. The fourth-order valence-corrected chi connectivity index (χ4v) is 2.93. The van der Waals surface area contributed by atoms with Crippen LogP contribution in [0.3, 0.4) is 0 Å². The summed E-state index contributed by atoms with van der Waals surface area (Å²) in [6.07, 6.45) is 0. The molecule has 0 spiro atoms. The quantitative estimate of drug-likeness (QED) is 0.630. The Morgan fingerprint density at radius 1 is 0.941 bits per heavy atom. The van der Waals surface area contributed by atoms with E-state index in [1.54, 1.807) is 0 Å². The molecule has 0 unspecified atom stereocenters. The van der Waals surface area contributed by atoms with Gasteiger partial charge in [-0.05, 0) is 54.5 Å². The van der Waals surface area contributed by atoms with Gasteiger partial charge in [-0.1, -0.05) is 0 Å². The van der Waals surface area contributed by atoms with Crippen LogP contribution in [0.5, 0.6) is 0 Å². The van der Waals surface area contributed by atoms with E-state index in [0.717, 1.165) is 26.8 Å². The molecule has 0 saturated heterocycles. The number of halogens is 1. The van der Waals surface area contributed by atoms with Gasteiger partial charge >= 0.3 is 0 Å². The highest BCUT2D eigenvalue weighted by Gasteiger charge is 2.06. The van der Waals surface area contributed by atoms with Crippen LogP contribution >= 0.6 is 27.7 Å². The van der Waals surface area contributed by atoms with E-state index < -0.39 is 0 Å². The fraction of sp³-hybridized carbons (Fsp3) is 0.273. The average molecular weight is 311 g/mol. The molecule has 0 aliphatic heterocycles. The van der Waals surface area contributed by atoms with Gasteiger partial charge < -0.3 is 0 Å². The molecule has 0 fully saturated rings. The molecule has 4 nitrogen and oxygen atoms in total. The molecule has 0 saturated carbocycles.